The van der Waals surface area contributed by atoms with E-state index in [2.05, 4.69) is 15.6 Å². The average molecular weight is 392 g/mol. The molecular weight excluding hydrogens is 371 g/mol. The smallest absolute Gasteiger partial charge is 0.256 e. The minimum atomic E-state index is -0.334. The van der Waals surface area contributed by atoms with Crippen LogP contribution >= 0.6 is 12.2 Å². The van der Waals surface area contributed by atoms with Crippen LogP contribution in [0.4, 0.5) is 10.1 Å². The Bertz CT molecular complexity index is 835. The number of hydrogen-bond donors (Lipinski definition) is 1. The van der Waals surface area contributed by atoms with Gasteiger partial charge < -0.3 is 19.9 Å². The highest BCUT2D eigenvalue weighted by Gasteiger charge is 2.21. The molecule has 1 N–H and O–H groups in total. The highest BCUT2D eigenvalue weighted by molar-refractivity contribution is 7.80. The highest BCUT2D eigenvalue weighted by atomic mass is 32.1. The number of hydrogen-bond acceptors (Lipinski definition) is 6. The molecule has 144 valence electrons. The van der Waals surface area contributed by atoms with E-state index in [-0.39, 0.29) is 16.9 Å². The molecule has 10 heteroatoms. The van der Waals surface area contributed by atoms with Gasteiger partial charge in [0, 0.05) is 39.2 Å². The lowest BCUT2D eigenvalue weighted by molar-refractivity contribution is -0.129. The Kier molecular flexibility index (Phi) is 5.84. The molecule has 0 atom stereocenters. The summed E-state index contributed by atoms with van der Waals surface area (Å²) in [7, 11) is 1.48. The van der Waals surface area contributed by atoms with Crippen molar-refractivity contribution in [2.45, 2.75) is 13.5 Å². The lowest BCUT2D eigenvalue weighted by Gasteiger charge is -2.35. The van der Waals surface area contributed by atoms with Gasteiger partial charge in [-0.25, -0.2) is 9.07 Å². The van der Waals surface area contributed by atoms with Gasteiger partial charge in [-0.15, -0.1) is 5.10 Å². The van der Waals surface area contributed by atoms with Crippen LogP contribution in [0.25, 0.3) is 5.69 Å². The molecule has 1 aromatic heterocycles. The zero-order valence-corrected chi connectivity index (χ0v) is 16.0. The molecule has 3 rings (SSSR count). The fourth-order valence-electron chi connectivity index (χ4n) is 2.90. The van der Waals surface area contributed by atoms with Gasteiger partial charge in [0.2, 0.25) is 5.91 Å². The molecule has 27 heavy (non-hydrogen) atoms. The van der Waals surface area contributed by atoms with Gasteiger partial charge in [-0.1, -0.05) is 5.21 Å². The molecule has 8 nitrogen and oxygen atoms in total. The predicted octanol–water partition coefficient (Wildman–Crippen LogP) is 1.10. The molecule has 0 spiro atoms. The van der Waals surface area contributed by atoms with Crippen LogP contribution in [-0.2, 0) is 16.1 Å². The zero-order valence-electron chi connectivity index (χ0n) is 15.2. The van der Waals surface area contributed by atoms with E-state index in [0.29, 0.717) is 49.8 Å². The summed E-state index contributed by atoms with van der Waals surface area (Å²) in [6.45, 7) is 4.32. The van der Waals surface area contributed by atoms with Crippen molar-refractivity contribution in [1.82, 2.24) is 25.2 Å². The number of piperazine rings is 1. The maximum Gasteiger partial charge on any atom is 0.256 e. The molecule has 0 unspecified atom stereocenters. The van der Waals surface area contributed by atoms with E-state index < -0.39 is 0 Å². The minimum absolute atomic E-state index is 0.0493. The van der Waals surface area contributed by atoms with Crippen LogP contribution in [0.5, 0.6) is 0 Å². The number of halogens is 1. The highest BCUT2D eigenvalue weighted by Crippen LogP contribution is 2.23. The number of ether oxygens (including phenoxy) is 1. The summed E-state index contributed by atoms with van der Waals surface area (Å²) in [6, 6.07) is 4.95. The quantitative estimate of drug-likeness (QED) is 0.781. The topological polar surface area (TPSA) is 75.5 Å². The fourth-order valence-corrected chi connectivity index (χ4v) is 2.97. The minimum Gasteiger partial charge on any atom is -0.474 e. The number of thiocarbonyl (C=S) groups is 1. The molecule has 1 aliphatic rings. The van der Waals surface area contributed by atoms with Crippen LogP contribution in [0.15, 0.2) is 24.4 Å². The number of benzene rings is 1. The number of nitrogens with one attached hydrogen (secondary N) is 1. The first-order valence-corrected chi connectivity index (χ1v) is 8.92. The summed E-state index contributed by atoms with van der Waals surface area (Å²) in [6.07, 6.45) is 1.70. The van der Waals surface area contributed by atoms with Crippen molar-refractivity contribution in [1.29, 1.82) is 0 Å². The summed E-state index contributed by atoms with van der Waals surface area (Å²) in [4.78, 5) is 15.1. The molecule has 0 radical (unpaired) electrons. The molecule has 1 amide bonds. The van der Waals surface area contributed by atoms with Crippen LogP contribution in [0.3, 0.4) is 0 Å². The Morgan fingerprint density at radius 3 is 2.70 bits per heavy atom. The largest absolute Gasteiger partial charge is 0.474 e. The molecule has 0 aliphatic carbocycles. The lowest BCUT2D eigenvalue weighted by atomic mass is 10.2. The van der Waals surface area contributed by atoms with Crippen molar-refractivity contribution >= 4 is 29.0 Å². The summed E-state index contributed by atoms with van der Waals surface area (Å²) in [5, 5.41) is 11.2. The van der Waals surface area contributed by atoms with Gasteiger partial charge in [-0.05, 0) is 24.4 Å². The maximum atomic E-state index is 14.7. The Morgan fingerprint density at radius 1 is 1.33 bits per heavy atom. The summed E-state index contributed by atoms with van der Waals surface area (Å²) in [5.41, 5.74) is 1.75. The van der Waals surface area contributed by atoms with Gasteiger partial charge in [0.25, 0.3) is 5.17 Å². The molecule has 2 aromatic rings. The van der Waals surface area contributed by atoms with Crippen molar-refractivity contribution in [3.8, 4) is 5.69 Å². The van der Waals surface area contributed by atoms with E-state index in [1.54, 1.807) is 30.2 Å². The van der Waals surface area contributed by atoms with E-state index in [1.807, 2.05) is 4.90 Å². The van der Waals surface area contributed by atoms with E-state index in [4.69, 9.17) is 17.0 Å². The third-order valence-corrected chi connectivity index (χ3v) is 4.71. The van der Waals surface area contributed by atoms with Crippen LogP contribution in [0.2, 0.25) is 0 Å². The molecule has 0 saturated carbocycles. The third-order valence-electron chi connectivity index (χ3n) is 4.40. The van der Waals surface area contributed by atoms with Gasteiger partial charge >= 0.3 is 0 Å². The van der Waals surface area contributed by atoms with Crippen LogP contribution < -0.4 is 10.2 Å². The normalized spacial score (nSPS) is 14.2. The number of nitrogens with zero attached hydrogens (tertiary/aromatic N) is 5. The fraction of sp³-hybridized carbons (Fsp3) is 0.412. The van der Waals surface area contributed by atoms with Gasteiger partial charge in [0.05, 0.1) is 31.2 Å². The summed E-state index contributed by atoms with van der Waals surface area (Å²) >= 11 is 4.91. The van der Waals surface area contributed by atoms with E-state index in [9.17, 15) is 9.18 Å². The molecular formula is C17H21FN6O2S. The first kappa shape index (κ1) is 19.0. The van der Waals surface area contributed by atoms with Gasteiger partial charge in [0.15, 0.2) is 0 Å². The number of aromatic nitrogens is 3. The Labute approximate surface area is 161 Å². The van der Waals surface area contributed by atoms with E-state index in [1.165, 1.54) is 17.9 Å². The SMILES string of the molecule is COC(=S)NCc1cn(-c2ccc(N3CCN(C(C)=O)CC3)c(F)c2)nn1. The molecule has 2 heterocycles. The molecule has 1 saturated heterocycles. The van der Waals surface area contributed by atoms with Crippen molar-refractivity contribution < 1.29 is 13.9 Å². The van der Waals surface area contributed by atoms with Crippen molar-refractivity contribution in [3.63, 3.8) is 0 Å². The molecule has 1 aliphatic heterocycles. The second kappa shape index (κ2) is 8.30. The van der Waals surface area contributed by atoms with Crippen LogP contribution in [0.1, 0.15) is 12.6 Å². The monoisotopic (exact) mass is 392 g/mol. The molecule has 1 aromatic carbocycles. The van der Waals surface area contributed by atoms with E-state index in [0.717, 1.165) is 0 Å². The van der Waals surface area contributed by atoms with Crippen LogP contribution in [0, 0.1) is 5.82 Å². The number of rotatable bonds is 4. The van der Waals surface area contributed by atoms with E-state index >= 15 is 0 Å². The van der Waals surface area contributed by atoms with Crippen molar-refractivity contribution in [2.24, 2.45) is 0 Å². The van der Waals surface area contributed by atoms with Gasteiger partial charge in [-0.3, -0.25) is 4.79 Å². The second-order valence-electron chi connectivity index (χ2n) is 6.13. The number of amides is 1. The summed E-state index contributed by atoms with van der Waals surface area (Å²) in [5.74, 6) is -0.285. The van der Waals surface area contributed by atoms with Crippen LogP contribution in [-0.4, -0.2) is 64.3 Å². The number of anilines is 1. The Hall–Kier alpha value is -2.75. The zero-order chi connectivity index (χ0) is 19.4. The average Bonchev–Trinajstić information content (AvgIpc) is 3.15. The Morgan fingerprint density at radius 2 is 2.07 bits per heavy atom. The molecule has 1 fully saturated rings. The third kappa shape index (κ3) is 4.51. The Balaban J connectivity index is 1.67. The van der Waals surface area contributed by atoms with Gasteiger partial charge in [-0.2, -0.15) is 0 Å². The lowest BCUT2D eigenvalue weighted by Crippen LogP contribution is -2.48. The van der Waals surface area contributed by atoms with Crippen molar-refractivity contribution in [2.75, 3.05) is 38.2 Å². The first-order chi connectivity index (χ1) is 13.0. The number of methoxy groups -OCH3 is 1. The number of carbonyl (C=O) groups excluding carboxylic acids is 1. The number of carbonyl (C=O) groups is 1. The summed E-state index contributed by atoms with van der Waals surface area (Å²) < 4.78 is 21.0. The second-order valence-corrected chi connectivity index (χ2v) is 6.50. The molecule has 0 bridgehead atoms. The maximum absolute atomic E-state index is 14.7. The first-order valence-electron chi connectivity index (χ1n) is 8.51. The standard InChI is InChI=1S/C17H21FN6O2S/c1-12(25)22-5-7-23(8-6-22)16-4-3-14(9-15(16)18)24-11-13(20-21-24)10-19-17(27)26-2/h3-4,9,11H,5-8,10H2,1-2H3,(H,19,27). The predicted molar refractivity (Wildman–Crippen MR) is 102 cm³/mol. The van der Waals surface area contributed by atoms with Gasteiger partial charge in [0.1, 0.15) is 11.5 Å². The van der Waals surface area contributed by atoms with Crippen molar-refractivity contribution in [3.05, 3.63) is 35.9 Å².